The molecule has 0 amide bonds. The zero-order valence-electron chi connectivity index (χ0n) is 10.6. The minimum absolute atomic E-state index is 0. The van der Waals surface area contributed by atoms with Gasteiger partial charge in [-0.2, -0.15) is 0 Å². The second kappa shape index (κ2) is 7.80. The number of aryl methyl sites for hydroxylation is 1. The van der Waals surface area contributed by atoms with Gasteiger partial charge in [0.05, 0.1) is 11.6 Å². The smallest absolute Gasteiger partial charge is 0.138 e. The molecule has 0 radical (unpaired) electrons. The lowest BCUT2D eigenvalue weighted by atomic mass is 10.0. The summed E-state index contributed by atoms with van der Waals surface area (Å²) in [6.45, 7) is 6.83. The first-order chi connectivity index (χ1) is 7.54. The zero-order chi connectivity index (χ0) is 12.1. The lowest BCUT2D eigenvalue weighted by molar-refractivity contribution is 0.317. The third-order valence-corrected chi connectivity index (χ3v) is 2.69. The van der Waals surface area contributed by atoms with Crippen molar-refractivity contribution >= 4 is 24.0 Å². The van der Waals surface area contributed by atoms with E-state index in [9.17, 15) is 0 Å². The molecule has 0 saturated heterocycles. The lowest BCUT2D eigenvalue weighted by Gasteiger charge is -2.13. The fraction of sp³-hybridized carbons (Fsp3) is 0.538. The Bertz CT molecular complexity index is 354. The van der Waals surface area contributed by atoms with Crippen LogP contribution < -0.4 is 10.5 Å². The number of hydrogen-bond donors (Lipinski definition) is 1. The molecule has 0 bridgehead atoms. The topological polar surface area (TPSA) is 35.2 Å². The van der Waals surface area contributed by atoms with E-state index < -0.39 is 0 Å². The van der Waals surface area contributed by atoms with Crippen LogP contribution in [0.4, 0.5) is 0 Å². The Morgan fingerprint density at radius 1 is 1.41 bits per heavy atom. The first kappa shape index (κ1) is 16.6. The van der Waals surface area contributed by atoms with Crippen LogP contribution in [0, 0.1) is 6.92 Å². The van der Waals surface area contributed by atoms with Gasteiger partial charge in [-0.3, -0.25) is 0 Å². The largest absolute Gasteiger partial charge is 0.492 e. The summed E-state index contributed by atoms with van der Waals surface area (Å²) in [6, 6.07) is 4.11. The molecular weight excluding hydrogens is 257 g/mol. The highest BCUT2D eigenvalue weighted by Crippen LogP contribution is 2.28. The van der Waals surface area contributed by atoms with E-state index in [4.69, 9.17) is 22.1 Å². The molecule has 0 spiro atoms. The van der Waals surface area contributed by atoms with E-state index in [-0.39, 0.29) is 18.4 Å². The maximum absolute atomic E-state index is 6.15. The fourth-order valence-corrected chi connectivity index (χ4v) is 1.83. The van der Waals surface area contributed by atoms with Crippen LogP contribution in [-0.2, 0) is 6.42 Å². The van der Waals surface area contributed by atoms with Crippen LogP contribution in [0.25, 0.3) is 0 Å². The van der Waals surface area contributed by atoms with E-state index in [2.05, 4.69) is 13.8 Å². The van der Waals surface area contributed by atoms with E-state index in [0.717, 1.165) is 18.6 Å². The average molecular weight is 278 g/mol. The molecule has 0 aliphatic heterocycles. The zero-order valence-corrected chi connectivity index (χ0v) is 12.2. The van der Waals surface area contributed by atoms with Crippen LogP contribution >= 0.6 is 24.0 Å². The van der Waals surface area contributed by atoms with Gasteiger partial charge in [-0.15, -0.1) is 12.4 Å². The monoisotopic (exact) mass is 277 g/mol. The summed E-state index contributed by atoms with van der Waals surface area (Å²) < 4.78 is 5.56. The Labute approximate surface area is 115 Å². The highest BCUT2D eigenvalue weighted by Gasteiger charge is 2.08. The number of benzene rings is 1. The molecule has 1 atom stereocenters. The highest BCUT2D eigenvalue weighted by molar-refractivity contribution is 6.32. The molecule has 1 aromatic carbocycles. The number of nitrogens with two attached hydrogens (primary N) is 1. The van der Waals surface area contributed by atoms with Crippen molar-refractivity contribution in [3.05, 3.63) is 28.3 Å². The van der Waals surface area contributed by atoms with Gasteiger partial charge in [0.1, 0.15) is 5.75 Å². The van der Waals surface area contributed by atoms with Gasteiger partial charge in [-0.25, -0.2) is 0 Å². The summed E-state index contributed by atoms with van der Waals surface area (Å²) in [5, 5.41) is 0.676. The van der Waals surface area contributed by atoms with Gasteiger partial charge in [0.15, 0.2) is 0 Å². The molecule has 0 saturated carbocycles. The van der Waals surface area contributed by atoms with Crippen LogP contribution in [0.1, 0.15) is 31.4 Å². The molecule has 1 aromatic rings. The van der Waals surface area contributed by atoms with Crippen molar-refractivity contribution in [3.8, 4) is 5.75 Å². The van der Waals surface area contributed by atoms with Gasteiger partial charge < -0.3 is 10.5 Å². The highest BCUT2D eigenvalue weighted by atomic mass is 35.5. The van der Waals surface area contributed by atoms with Gasteiger partial charge >= 0.3 is 0 Å². The Kier molecular flexibility index (Phi) is 7.60. The van der Waals surface area contributed by atoms with E-state index >= 15 is 0 Å². The molecule has 1 unspecified atom stereocenters. The average Bonchev–Trinajstić information content (AvgIpc) is 2.20. The Morgan fingerprint density at radius 3 is 2.59 bits per heavy atom. The van der Waals surface area contributed by atoms with Crippen molar-refractivity contribution < 1.29 is 4.74 Å². The van der Waals surface area contributed by atoms with Crippen molar-refractivity contribution in [1.82, 2.24) is 0 Å². The minimum Gasteiger partial charge on any atom is -0.492 e. The third-order valence-electron chi connectivity index (χ3n) is 2.39. The second-order valence-electron chi connectivity index (χ2n) is 4.24. The predicted octanol–water partition coefficient (Wildman–Crippen LogP) is 3.75. The van der Waals surface area contributed by atoms with Crippen LogP contribution in [-0.4, -0.2) is 12.6 Å². The third kappa shape index (κ3) is 5.15. The Morgan fingerprint density at radius 2 is 2.06 bits per heavy atom. The van der Waals surface area contributed by atoms with Crippen LogP contribution in [0.5, 0.6) is 5.75 Å². The summed E-state index contributed by atoms with van der Waals surface area (Å²) in [7, 11) is 0. The van der Waals surface area contributed by atoms with Gasteiger partial charge in [0.2, 0.25) is 0 Å². The SMILES string of the molecule is CCCOc1cc(C)c(CC(C)N)cc1Cl.Cl. The number of halogens is 2. The van der Waals surface area contributed by atoms with E-state index in [1.165, 1.54) is 11.1 Å². The van der Waals surface area contributed by atoms with Crippen molar-refractivity contribution in [2.45, 2.75) is 39.7 Å². The molecule has 17 heavy (non-hydrogen) atoms. The van der Waals surface area contributed by atoms with E-state index in [0.29, 0.717) is 11.6 Å². The van der Waals surface area contributed by atoms with Crippen molar-refractivity contribution in [2.75, 3.05) is 6.61 Å². The minimum atomic E-state index is 0. The lowest BCUT2D eigenvalue weighted by Crippen LogP contribution is -2.18. The number of ether oxygens (including phenoxy) is 1. The summed E-state index contributed by atoms with van der Waals surface area (Å²) in [6.07, 6.45) is 1.83. The summed E-state index contributed by atoms with van der Waals surface area (Å²) >= 11 is 6.15. The molecule has 0 aromatic heterocycles. The van der Waals surface area contributed by atoms with Crippen molar-refractivity contribution in [1.29, 1.82) is 0 Å². The molecule has 2 N–H and O–H groups in total. The second-order valence-corrected chi connectivity index (χ2v) is 4.65. The molecule has 0 aliphatic carbocycles. The number of rotatable bonds is 5. The van der Waals surface area contributed by atoms with E-state index in [1.54, 1.807) is 0 Å². The molecule has 0 aliphatic rings. The van der Waals surface area contributed by atoms with Gasteiger partial charge in [-0.05, 0) is 49.9 Å². The maximum atomic E-state index is 6.15. The number of hydrogen-bond acceptors (Lipinski definition) is 2. The van der Waals surface area contributed by atoms with Gasteiger partial charge in [-0.1, -0.05) is 18.5 Å². The molecule has 98 valence electrons. The summed E-state index contributed by atoms with van der Waals surface area (Å²) in [5.41, 5.74) is 8.17. The fourth-order valence-electron chi connectivity index (χ4n) is 1.59. The first-order valence-corrected chi connectivity index (χ1v) is 6.09. The van der Waals surface area contributed by atoms with Crippen LogP contribution in [0.2, 0.25) is 5.02 Å². The molecule has 0 fully saturated rings. The van der Waals surface area contributed by atoms with Crippen molar-refractivity contribution in [3.63, 3.8) is 0 Å². The molecule has 0 heterocycles. The Hall–Kier alpha value is -0.440. The molecule has 1 rings (SSSR count). The van der Waals surface area contributed by atoms with Crippen LogP contribution in [0.3, 0.4) is 0 Å². The summed E-state index contributed by atoms with van der Waals surface area (Å²) in [5.74, 6) is 0.773. The Balaban J connectivity index is 0.00000256. The normalized spacial score (nSPS) is 11.8. The summed E-state index contributed by atoms with van der Waals surface area (Å²) in [4.78, 5) is 0. The van der Waals surface area contributed by atoms with Gasteiger partial charge in [0.25, 0.3) is 0 Å². The van der Waals surface area contributed by atoms with Gasteiger partial charge in [0, 0.05) is 6.04 Å². The molecular formula is C13H21Cl2NO. The molecule has 4 heteroatoms. The maximum Gasteiger partial charge on any atom is 0.138 e. The predicted molar refractivity (Wildman–Crippen MR) is 76.6 cm³/mol. The van der Waals surface area contributed by atoms with E-state index in [1.807, 2.05) is 19.1 Å². The first-order valence-electron chi connectivity index (χ1n) is 5.72. The van der Waals surface area contributed by atoms with Crippen LogP contribution in [0.15, 0.2) is 12.1 Å². The standard InChI is InChI=1S/C13H20ClNO.ClH/c1-4-5-16-13-6-9(2)11(7-10(3)15)8-12(13)14;/h6,8,10H,4-5,7,15H2,1-3H3;1H. The van der Waals surface area contributed by atoms with Crippen molar-refractivity contribution in [2.24, 2.45) is 5.73 Å². The molecule has 2 nitrogen and oxygen atoms in total. The quantitative estimate of drug-likeness (QED) is 0.890.